The first kappa shape index (κ1) is 29.1. The molecule has 1 aromatic rings. The average Bonchev–Trinajstić information content (AvgIpc) is 2.86. The summed E-state index contributed by atoms with van der Waals surface area (Å²) in [6, 6.07) is 5.89. The zero-order valence-electron chi connectivity index (χ0n) is 22.5. The van der Waals surface area contributed by atoms with Crippen LogP contribution in [-0.4, -0.2) is 46.4 Å². The third-order valence-electron chi connectivity index (χ3n) is 7.82. The van der Waals surface area contributed by atoms with Crippen LogP contribution in [0.1, 0.15) is 83.7 Å². The number of carboxylic acid groups (broad SMARTS) is 1. The van der Waals surface area contributed by atoms with E-state index in [-0.39, 0.29) is 29.7 Å². The molecule has 0 aliphatic carbocycles. The van der Waals surface area contributed by atoms with E-state index in [1.807, 2.05) is 46.8 Å². The second-order valence-electron chi connectivity index (χ2n) is 10.2. The van der Waals surface area contributed by atoms with Gasteiger partial charge in [0, 0.05) is 11.6 Å². The number of aliphatic carboxylic acids is 1. The molecule has 2 rings (SSSR count). The highest BCUT2D eigenvalue weighted by Crippen LogP contribution is 2.32. The molecule has 1 aliphatic heterocycles. The van der Waals surface area contributed by atoms with Gasteiger partial charge in [0.15, 0.2) is 0 Å². The Morgan fingerprint density at radius 3 is 2.19 bits per heavy atom. The predicted octanol–water partition coefficient (Wildman–Crippen LogP) is 3.76. The van der Waals surface area contributed by atoms with E-state index in [4.69, 9.17) is 0 Å². The van der Waals surface area contributed by atoms with Gasteiger partial charge in [0.05, 0.1) is 6.04 Å². The Balaban J connectivity index is 2.41. The van der Waals surface area contributed by atoms with Crippen molar-refractivity contribution in [3.63, 3.8) is 0 Å². The molecule has 0 bridgehead atoms. The van der Waals surface area contributed by atoms with Gasteiger partial charge in [0.1, 0.15) is 11.6 Å². The minimum absolute atomic E-state index is 0.0850. The molecule has 6 atom stereocenters. The number of rotatable bonds is 11. The van der Waals surface area contributed by atoms with Crippen molar-refractivity contribution in [2.75, 3.05) is 0 Å². The number of carboxylic acids is 1. The molecule has 1 aromatic carbocycles. The number of carbonyl (C=O) groups excluding carboxylic acids is 3. The quantitative estimate of drug-likeness (QED) is 0.345. The highest BCUT2D eigenvalue weighted by Gasteiger charge is 2.42. The lowest BCUT2D eigenvalue weighted by molar-refractivity contribution is -0.150. The van der Waals surface area contributed by atoms with Gasteiger partial charge in [0.25, 0.3) is 5.91 Å². The molecule has 4 N–H and O–H groups in total. The van der Waals surface area contributed by atoms with Gasteiger partial charge < -0.3 is 21.1 Å². The summed E-state index contributed by atoms with van der Waals surface area (Å²) in [4.78, 5) is 51.3. The second-order valence-corrected chi connectivity index (χ2v) is 10.2. The van der Waals surface area contributed by atoms with E-state index in [9.17, 15) is 24.3 Å². The predicted molar refractivity (Wildman–Crippen MR) is 140 cm³/mol. The third-order valence-corrected chi connectivity index (χ3v) is 7.82. The van der Waals surface area contributed by atoms with E-state index in [0.29, 0.717) is 29.5 Å². The fourth-order valence-electron chi connectivity index (χ4n) is 4.42. The summed E-state index contributed by atoms with van der Waals surface area (Å²) in [6.45, 7) is 12.9. The lowest BCUT2D eigenvalue weighted by atomic mass is 9.82. The topological polar surface area (TPSA) is 125 Å². The van der Waals surface area contributed by atoms with Crippen LogP contribution in [0.4, 0.5) is 0 Å². The summed E-state index contributed by atoms with van der Waals surface area (Å²) < 4.78 is 0. The van der Waals surface area contributed by atoms with Crippen molar-refractivity contribution in [2.24, 2.45) is 17.8 Å². The van der Waals surface area contributed by atoms with E-state index >= 15 is 0 Å². The maximum atomic E-state index is 13.3. The Morgan fingerprint density at radius 1 is 1.06 bits per heavy atom. The molecule has 8 nitrogen and oxygen atoms in total. The molecule has 8 heteroatoms. The van der Waals surface area contributed by atoms with Gasteiger partial charge >= 0.3 is 5.97 Å². The minimum atomic E-state index is -1.46. The Morgan fingerprint density at radius 2 is 1.67 bits per heavy atom. The first-order chi connectivity index (χ1) is 16.9. The summed E-state index contributed by atoms with van der Waals surface area (Å²) in [6.07, 6.45) is 3.43. The first-order valence-electron chi connectivity index (χ1n) is 12.9. The van der Waals surface area contributed by atoms with Crippen molar-refractivity contribution >= 4 is 29.3 Å². The average molecular weight is 500 g/mol. The molecule has 198 valence electrons. The van der Waals surface area contributed by atoms with Gasteiger partial charge in [-0.15, -0.1) is 0 Å². The van der Waals surface area contributed by atoms with Crippen LogP contribution in [0.2, 0.25) is 0 Å². The summed E-state index contributed by atoms with van der Waals surface area (Å²) in [5, 5.41) is 18.4. The standard InChI is InChI=1S/C28H41N3O5/c1-8-16(4)23-21(19-13-11-12-14-20(19)25(33)30-23)15-22(32)29-24(17(5)9-2)26(34)31-28(7,27(35)36)18(6)10-3/h11-18,23-24H,8-10H2,1-7H3,(H,29,32)(H,30,33)(H,31,34)(H,35,36)/t16-,17-,18-,23-,24-,28-/m0/s1. The summed E-state index contributed by atoms with van der Waals surface area (Å²) in [5.41, 5.74) is 0.421. The molecule has 0 unspecified atom stereocenters. The number of benzene rings is 1. The van der Waals surface area contributed by atoms with Gasteiger partial charge in [-0.05, 0) is 41.9 Å². The number of fused-ring (bicyclic) bond motifs is 1. The van der Waals surface area contributed by atoms with Crippen LogP contribution >= 0.6 is 0 Å². The van der Waals surface area contributed by atoms with Gasteiger partial charge in [0.2, 0.25) is 11.8 Å². The molecule has 3 amide bonds. The lowest BCUT2D eigenvalue weighted by Gasteiger charge is -2.35. The summed E-state index contributed by atoms with van der Waals surface area (Å²) >= 11 is 0. The fraction of sp³-hybridized carbons (Fsp3) is 0.571. The van der Waals surface area contributed by atoms with Gasteiger partial charge in [-0.3, -0.25) is 14.4 Å². The molecule has 0 saturated carbocycles. The normalized spacial score (nSPS) is 21.2. The zero-order chi connectivity index (χ0) is 27.2. The molecule has 36 heavy (non-hydrogen) atoms. The number of hydrogen-bond donors (Lipinski definition) is 4. The molecule has 0 saturated heterocycles. The lowest BCUT2D eigenvalue weighted by Crippen LogP contribution is -2.61. The molecule has 0 aromatic heterocycles. The van der Waals surface area contributed by atoms with Crippen LogP contribution in [0, 0.1) is 17.8 Å². The fourth-order valence-corrected chi connectivity index (χ4v) is 4.42. The maximum absolute atomic E-state index is 13.3. The van der Waals surface area contributed by atoms with Crippen LogP contribution in [0.5, 0.6) is 0 Å². The van der Waals surface area contributed by atoms with Crippen molar-refractivity contribution < 1.29 is 24.3 Å². The molecule has 0 fully saturated rings. The van der Waals surface area contributed by atoms with Crippen molar-refractivity contribution in [1.82, 2.24) is 16.0 Å². The summed E-state index contributed by atoms with van der Waals surface area (Å²) in [7, 11) is 0. The monoisotopic (exact) mass is 499 g/mol. The maximum Gasteiger partial charge on any atom is 0.329 e. The van der Waals surface area contributed by atoms with E-state index in [2.05, 4.69) is 16.0 Å². The van der Waals surface area contributed by atoms with Crippen LogP contribution in [0.15, 0.2) is 30.3 Å². The second kappa shape index (κ2) is 12.2. The van der Waals surface area contributed by atoms with E-state index in [1.54, 1.807) is 19.1 Å². The van der Waals surface area contributed by atoms with Crippen molar-refractivity contribution in [3.05, 3.63) is 41.5 Å². The molecule has 1 heterocycles. The van der Waals surface area contributed by atoms with Crippen LogP contribution < -0.4 is 16.0 Å². The van der Waals surface area contributed by atoms with E-state index < -0.39 is 29.4 Å². The van der Waals surface area contributed by atoms with Crippen LogP contribution in [0.3, 0.4) is 0 Å². The van der Waals surface area contributed by atoms with Crippen molar-refractivity contribution in [2.45, 2.75) is 85.4 Å². The molecular weight excluding hydrogens is 458 g/mol. The minimum Gasteiger partial charge on any atom is -0.480 e. The molecule has 0 spiro atoms. The molecular formula is C28H41N3O5. The Bertz CT molecular complexity index is 1020. The number of amides is 3. The highest BCUT2D eigenvalue weighted by atomic mass is 16.4. The Labute approximate surface area is 214 Å². The van der Waals surface area contributed by atoms with E-state index in [1.165, 1.54) is 13.0 Å². The molecule has 0 radical (unpaired) electrons. The largest absolute Gasteiger partial charge is 0.480 e. The number of nitrogens with one attached hydrogen (secondary N) is 3. The van der Waals surface area contributed by atoms with Crippen LogP contribution in [-0.2, 0) is 14.4 Å². The smallest absolute Gasteiger partial charge is 0.329 e. The highest BCUT2D eigenvalue weighted by molar-refractivity contribution is 6.07. The number of carbonyl (C=O) groups is 4. The van der Waals surface area contributed by atoms with Crippen molar-refractivity contribution in [1.29, 1.82) is 0 Å². The Hall–Kier alpha value is -3.16. The van der Waals surface area contributed by atoms with Gasteiger partial charge in [-0.25, -0.2) is 4.79 Å². The van der Waals surface area contributed by atoms with Crippen LogP contribution in [0.25, 0.3) is 5.57 Å². The Kier molecular flexibility index (Phi) is 9.85. The SMILES string of the molecule is CC[C@H](C)[C@H](NC(=O)C=C1c2ccccc2C(=O)N[C@H]1[C@@H](C)CC)C(=O)N[C@](C)(C(=O)O)[C@@H](C)CC. The third kappa shape index (κ3) is 6.15. The molecule has 1 aliphatic rings. The van der Waals surface area contributed by atoms with E-state index in [0.717, 1.165) is 6.42 Å². The first-order valence-corrected chi connectivity index (χ1v) is 12.9. The number of hydrogen-bond acceptors (Lipinski definition) is 4. The zero-order valence-corrected chi connectivity index (χ0v) is 22.5. The van der Waals surface area contributed by atoms with Gasteiger partial charge in [-0.1, -0.05) is 79.0 Å². The van der Waals surface area contributed by atoms with Crippen molar-refractivity contribution in [3.8, 4) is 0 Å². The van der Waals surface area contributed by atoms with Gasteiger partial charge in [-0.2, -0.15) is 0 Å². The summed E-state index contributed by atoms with van der Waals surface area (Å²) in [5.74, 6) is -2.75.